The largest absolute Gasteiger partial charge is 0.484 e. The van der Waals surface area contributed by atoms with Crippen LogP contribution >= 0.6 is 15.9 Å². The van der Waals surface area contributed by atoms with E-state index in [0.29, 0.717) is 6.04 Å². The van der Waals surface area contributed by atoms with E-state index in [1.807, 2.05) is 37.9 Å². The molecule has 1 saturated carbocycles. The molecule has 1 aliphatic carbocycles. The topological polar surface area (TPSA) is 29.5 Å². The average Bonchev–Trinajstić information content (AvgIpc) is 2.95. The maximum absolute atomic E-state index is 12.1. The van der Waals surface area contributed by atoms with E-state index in [0.717, 1.165) is 34.2 Å². The van der Waals surface area contributed by atoms with Crippen LogP contribution in [-0.4, -0.2) is 30.5 Å². The predicted molar refractivity (Wildman–Crippen MR) is 84.1 cm³/mol. The number of carbonyl (C=O) groups excluding carboxylic acids is 1. The summed E-state index contributed by atoms with van der Waals surface area (Å²) in [6, 6.07) is 4.32. The Kier molecular flexibility index (Phi) is 5.08. The molecule has 3 nitrogen and oxygen atoms in total. The van der Waals surface area contributed by atoms with Crippen molar-refractivity contribution in [2.24, 2.45) is 0 Å². The third kappa shape index (κ3) is 3.54. The number of nitrogens with zero attached hydrogens (tertiary/aromatic N) is 1. The van der Waals surface area contributed by atoms with E-state index in [-0.39, 0.29) is 12.5 Å². The van der Waals surface area contributed by atoms with Crippen molar-refractivity contribution in [1.82, 2.24) is 4.90 Å². The van der Waals surface area contributed by atoms with Crippen molar-refractivity contribution >= 4 is 21.8 Å². The molecule has 0 N–H and O–H groups in total. The minimum absolute atomic E-state index is 0.0649. The summed E-state index contributed by atoms with van der Waals surface area (Å²) in [5.74, 6) is 0.825. The van der Waals surface area contributed by atoms with Crippen LogP contribution in [0.15, 0.2) is 16.6 Å². The van der Waals surface area contributed by atoms with Gasteiger partial charge in [0.25, 0.3) is 5.91 Å². The molecule has 0 unspecified atom stereocenters. The number of ether oxygens (including phenoxy) is 1. The third-order valence-corrected chi connectivity index (χ3v) is 5.29. The standard InChI is InChI=1S/C16H22BrNO2/c1-11-8-14(9-12(2)16(11)17)20-10-15(19)18(3)13-6-4-5-7-13/h8-9,13H,4-7,10H2,1-3H3. The van der Waals surface area contributed by atoms with Crippen LogP contribution < -0.4 is 4.74 Å². The van der Waals surface area contributed by atoms with Gasteiger partial charge in [-0.1, -0.05) is 28.8 Å². The van der Waals surface area contributed by atoms with Gasteiger partial charge >= 0.3 is 0 Å². The Morgan fingerprint density at radius 3 is 2.40 bits per heavy atom. The summed E-state index contributed by atoms with van der Waals surface area (Å²) in [6.45, 7) is 4.17. The van der Waals surface area contributed by atoms with Gasteiger partial charge in [0.2, 0.25) is 0 Å². The molecule has 0 aliphatic heterocycles. The smallest absolute Gasteiger partial charge is 0.260 e. The maximum Gasteiger partial charge on any atom is 0.260 e. The molecule has 4 heteroatoms. The number of hydrogen-bond acceptors (Lipinski definition) is 2. The summed E-state index contributed by atoms with van der Waals surface area (Å²) >= 11 is 3.53. The van der Waals surface area contributed by atoms with Crippen LogP contribution in [0.5, 0.6) is 5.75 Å². The summed E-state index contributed by atoms with van der Waals surface area (Å²) < 4.78 is 6.75. The molecule has 1 aromatic rings. The van der Waals surface area contributed by atoms with E-state index in [2.05, 4.69) is 15.9 Å². The monoisotopic (exact) mass is 339 g/mol. The van der Waals surface area contributed by atoms with Crippen LogP contribution in [0.25, 0.3) is 0 Å². The van der Waals surface area contributed by atoms with Crippen LogP contribution in [0.4, 0.5) is 0 Å². The van der Waals surface area contributed by atoms with Gasteiger partial charge in [-0.05, 0) is 49.9 Å². The molecule has 1 aromatic carbocycles. The number of rotatable bonds is 4. The molecule has 0 atom stereocenters. The van der Waals surface area contributed by atoms with Gasteiger partial charge in [-0.15, -0.1) is 0 Å². The highest BCUT2D eigenvalue weighted by Gasteiger charge is 2.23. The molecule has 0 heterocycles. The van der Waals surface area contributed by atoms with Crippen molar-refractivity contribution < 1.29 is 9.53 Å². The molecule has 0 spiro atoms. The Morgan fingerprint density at radius 1 is 1.30 bits per heavy atom. The van der Waals surface area contributed by atoms with E-state index >= 15 is 0 Å². The third-order valence-electron chi connectivity index (χ3n) is 4.04. The van der Waals surface area contributed by atoms with Gasteiger partial charge in [0.15, 0.2) is 6.61 Å². The second-order valence-electron chi connectivity index (χ2n) is 5.60. The first-order valence-corrected chi connectivity index (χ1v) is 7.93. The van der Waals surface area contributed by atoms with Gasteiger partial charge in [-0.2, -0.15) is 0 Å². The number of carbonyl (C=O) groups is 1. The molecular formula is C16H22BrNO2. The molecule has 2 rings (SSSR count). The summed E-state index contributed by atoms with van der Waals surface area (Å²) in [5.41, 5.74) is 2.24. The van der Waals surface area contributed by atoms with Crippen LogP contribution in [-0.2, 0) is 4.79 Å². The molecule has 110 valence electrons. The summed E-state index contributed by atoms with van der Waals surface area (Å²) in [6.07, 6.45) is 4.71. The number of likely N-dealkylation sites (N-methyl/N-ethyl adjacent to an activating group) is 1. The van der Waals surface area contributed by atoms with Crippen LogP contribution in [0.1, 0.15) is 36.8 Å². The fourth-order valence-corrected chi connectivity index (χ4v) is 2.96. The van der Waals surface area contributed by atoms with Crippen molar-refractivity contribution in [1.29, 1.82) is 0 Å². The Hall–Kier alpha value is -1.03. The number of hydrogen-bond donors (Lipinski definition) is 0. The second-order valence-corrected chi connectivity index (χ2v) is 6.40. The molecule has 0 saturated heterocycles. The molecule has 1 fully saturated rings. The van der Waals surface area contributed by atoms with Crippen molar-refractivity contribution in [3.05, 3.63) is 27.7 Å². The number of aryl methyl sites for hydroxylation is 2. The second kappa shape index (κ2) is 6.61. The summed E-state index contributed by atoms with van der Waals surface area (Å²) in [7, 11) is 1.89. The molecule has 20 heavy (non-hydrogen) atoms. The van der Waals surface area contributed by atoms with E-state index in [9.17, 15) is 4.79 Å². The zero-order valence-corrected chi connectivity index (χ0v) is 14.0. The SMILES string of the molecule is Cc1cc(OCC(=O)N(C)C2CCCC2)cc(C)c1Br. The summed E-state index contributed by atoms with van der Waals surface area (Å²) in [4.78, 5) is 14.0. The Labute approximate surface area is 129 Å². The van der Waals surface area contributed by atoms with Gasteiger partial charge in [0, 0.05) is 17.6 Å². The van der Waals surface area contributed by atoms with Crippen molar-refractivity contribution in [2.75, 3.05) is 13.7 Å². The lowest BCUT2D eigenvalue weighted by molar-refractivity contribution is -0.134. The number of halogens is 1. The van der Waals surface area contributed by atoms with Gasteiger partial charge in [-0.3, -0.25) is 4.79 Å². The zero-order chi connectivity index (χ0) is 14.7. The Bertz CT molecular complexity index is 472. The first-order chi connectivity index (χ1) is 9.49. The van der Waals surface area contributed by atoms with E-state index < -0.39 is 0 Å². The normalized spacial score (nSPS) is 15.4. The minimum Gasteiger partial charge on any atom is -0.484 e. The van der Waals surface area contributed by atoms with E-state index in [1.165, 1.54) is 12.8 Å². The average molecular weight is 340 g/mol. The van der Waals surface area contributed by atoms with Gasteiger partial charge in [-0.25, -0.2) is 0 Å². The highest BCUT2D eigenvalue weighted by atomic mass is 79.9. The predicted octanol–water partition coefficient (Wildman–Crippen LogP) is 3.85. The van der Waals surface area contributed by atoms with Crippen LogP contribution in [0, 0.1) is 13.8 Å². The lowest BCUT2D eigenvalue weighted by Gasteiger charge is -2.24. The van der Waals surface area contributed by atoms with Crippen molar-refractivity contribution in [3.63, 3.8) is 0 Å². The fraction of sp³-hybridized carbons (Fsp3) is 0.562. The maximum atomic E-state index is 12.1. The first kappa shape index (κ1) is 15.4. The van der Waals surface area contributed by atoms with E-state index in [4.69, 9.17) is 4.74 Å². The molecule has 0 aromatic heterocycles. The molecule has 1 amide bonds. The van der Waals surface area contributed by atoms with Gasteiger partial charge < -0.3 is 9.64 Å². The highest BCUT2D eigenvalue weighted by Crippen LogP contribution is 2.26. The van der Waals surface area contributed by atoms with Crippen molar-refractivity contribution in [3.8, 4) is 5.75 Å². The lowest BCUT2D eigenvalue weighted by atomic mass is 10.1. The lowest BCUT2D eigenvalue weighted by Crippen LogP contribution is -2.38. The van der Waals surface area contributed by atoms with Crippen LogP contribution in [0.3, 0.4) is 0 Å². The quantitative estimate of drug-likeness (QED) is 0.833. The van der Waals surface area contributed by atoms with Crippen molar-refractivity contribution in [2.45, 2.75) is 45.6 Å². The van der Waals surface area contributed by atoms with Crippen LogP contribution in [0.2, 0.25) is 0 Å². The first-order valence-electron chi connectivity index (χ1n) is 7.14. The van der Waals surface area contributed by atoms with E-state index in [1.54, 1.807) is 0 Å². The number of amides is 1. The Balaban J connectivity index is 1.93. The number of benzene rings is 1. The molecular weight excluding hydrogens is 318 g/mol. The van der Waals surface area contributed by atoms with Gasteiger partial charge in [0.1, 0.15) is 5.75 Å². The highest BCUT2D eigenvalue weighted by molar-refractivity contribution is 9.10. The fourth-order valence-electron chi connectivity index (χ4n) is 2.73. The zero-order valence-electron chi connectivity index (χ0n) is 12.4. The summed E-state index contributed by atoms with van der Waals surface area (Å²) in [5, 5.41) is 0. The molecule has 0 radical (unpaired) electrons. The van der Waals surface area contributed by atoms with Gasteiger partial charge in [0.05, 0.1) is 0 Å². The Morgan fingerprint density at radius 2 is 1.85 bits per heavy atom. The molecule has 0 bridgehead atoms. The molecule has 1 aliphatic rings. The minimum atomic E-state index is 0.0649.